The van der Waals surface area contributed by atoms with Crippen LogP contribution in [0.2, 0.25) is 0 Å². The van der Waals surface area contributed by atoms with Crippen LogP contribution in [0, 0.1) is 6.57 Å². The van der Waals surface area contributed by atoms with E-state index in [2.05, 4.69) is 20.8 Å². The molecule has 0 fully saturated rings. The summed E-state index contributed by atoms with van der Waals surface area (Å²) in [6.45, 7) is 14.0. The smallest absolute Gasteiger partial charge is 0.249 e. The van der Waals surface area contributed by atoms with Crippen molar-refractivity contribution in [3.05, 3.63) is 33.6 Å². The van der Waals surface area contributed by atoms with Crippen molar-refractivity contribution in [2.24, 2.45) is 0 Å². The molecule has 1 aromatic rings. The summed E-state index contributed by atoms with van der Waals surface area (Å²) in [6.07, 6.45) is 0. The molecule has 0 N–H and O–H groups in total. The summed E-state index contributed by atoms with van der Waals surface area (Å²) < 4.78 is 11.9. The Morgan fingerprint density at radius 3 is 2.35 bits per heavy atom. The average Bonchev–Trinajstić information content (AvgIpc) is 2.32. The third-order valence-electron chi connectivity index (χ3n) is 2.31. The second-order valence-electron chi connectivity index (χ2n) is 3.49. The van der Waals surface area contributed by atoms with E-state index in [9.17, 15) is 0 Å². The van der Waals surface area contributed by atoms with Crippen LogP contribution in [0.3, 0.4) is 0 Å². The Morgan fingerprint density at radius 1 is 1.24 bits per heavy atom. The molecule has 0 radical (unpaired) electrons. The van der Waals surface area contributed by atoms with Gasteiger partial charge in [-0.15, -0.1) is 0 Å². The molecule has 0 bridgehead atoms. The van der Waals surface area contributed by atoms with E-state index >= 15 is 0 Å². The Balaban J connectivity index is 3.22. The van der Waals surface area contributed by atoms with Gasteiger partial charge in [0.05, 0.1) is 23.2 Å². The van der Waals surface area contributed by atoms with Crippen molar-refractivity contribution in [3.8, 4) is 11.5 Å². The molecule has 1 atom stereocenters. The first kappa shape index (κ1) is 13.9. The molecule has 0 aliphatic rings. The summed E-state index contributed by atoms with van der Waals surface area (Å²) in [6, 6.07) is 3.51. The van der Waals surface area contributed by atoms with Gasteiger partial charge in [0, 0.05) is 6.92 Å². The molecule has 1 aromatic carbocycles. The first-order valence-corrected chi connectivity index (χ1v) is 6.38. The lowest BCUT2D eigenvalue weighted by Crippen LogP contribution is -2.01. The van der Waals surface area contributed by atoms with Gasteiger partial charge in [-0.05, 0) is 41.9 Å². The molecule has 0 aliphatic carbocycles. The number of hydrogen-bond acceptors (Lipinski definition) is 2. The van der Waals surface area contributed by atoms with Crippen LogP contribution in [0.4, 0.5) is 0 Å². The summed E-state index contributed by atoms with van der Waals surface area (Å²) in [5.74, 6) is 1.49. The van der Waals surface area contributed by atoms with Gasteiger partial charge in [0.2, 0.25) is 6.04 Å². The lowest BCUT2D eigenvalue weighted by atomic mass is 10.1. The van der Waals surface area contributed by atoms with Crippen molar-refractivity contribution in [2.75, 3.05) is 13.2 Å². The Bertz CT molecular complexity index is 426. The third kappa shape index (κ3) is 3.37. The quantitative estimate of drug-likeness (QED) is 0.759. The highest BCUT2D eigenvalue weighted by Crippen LogP contribution is 2.37. The summed E-state index contributed by atoms with van der Waals surface area (Å²) in [5.41, 5.74) is 0.869. The molecule has 0 spiro atoms. The zero-order valence-electron chi connectivity index (χ0n) is 10.3. The largest absolute Gasteiger partial charge is 0.493 e. The van der Waals surface area contributed by atoms with Crippen LogP contribution < -0.4 is 9.47 Å². The summed E-state index contributed by atoms with van der Waals surface area (Å²) in [4.78, 5) is 3.53. The lowest BCUT2D eigenvalue weighted by Gasteiger charge is -2.13. The van der Waals surface area contributed by atoms with Gasteiger partial charge in [0.1, 0.15) is 11.5 Å². The van der Waals surface area contributed by atoms with Gasteiger partial charge in [-0.3, -0.25) is 0 Å². The van der Waals surface area contributed by atoms with E-state index in [0.717, 1.165) is 21.5 Å². The Hall–Kier alpha value is -1.21. The van der Waals surface area contributed by atoms with Crippen molar-refractivity contribution in [1.82, 2.24) is 0 Å². The Labute approximate surface area is 111 Å². The molecule has 4 heteroatoms. The predicted molar refractivity (Wildman–Crippen MR) is 71.5 cm³/mol. The number of benzene rings is 1. The van der Waals surface area contributed by atoms with Gasteiger partial charge in [-0.1, -0.05) is 0 Å². The molecule has 0 amide bonds. The van der Waals surface area contributed by atoms with E-state index in [1.807, 2.05) is 32.9 Å². The number of hydrogen-bond donors (Lipinski definition) is 0. The fourth-order valence-electron chi connectivity index (χ4n) is 1.49. The molecule has 0 heterocycles. The van der Waals surface area contributed by atoms with E-state index in [4.69, 9.17) is 16.0 Å². The predicted octanol–water partition coefficient (Wildman–Crippen LogP) is 4.23. The molecule has 1 unspecified atom stereocenters. The molecule has 17 heavy (non-hydrogen) atoms. The van der Waals surface area contributed by atoms with Crippen LogP contribution in [-0.2, 0) is 0 Å². The highest BCUT2D eigenvalue weighted by atomic mass is 79.9. The molecular formula is C13H16BrNO2. The average molecular weight is 298 g/mol. The first-order chi connectivity index (χ1) is 8.13. The molecule has 0 aliphatic heterocycles. The van der Waals surface area contributed by atoms with Gasteiger partial charge in [0.15, 0.2) is 0 Å². The molecule has 0 saturated heterocycles. The second-order valence-corrected chi connectivity index (χ2v) is 4.35. The van der Waals surface area contributed by atoms with Crippen LogP contribution in [0.25, 0.3) is 4.85 Å². The van der Waals surface area contributed by atoms with Crippen molar-refractivity contribution >= 4 is 15.9 Å². The fourth-order valence-corrected chi connectivity index (χ4v) is 1.93. The zero-order valence-corrected chi connectivity index (χ0v) is 11.9. The third-order valence-corrected chi connectivity index (χ3v) is 2.93. The van der Waals surface area contributed by atoms with Crippen LogP contribution in [0.15, 0.2) is 16.6 Å². The van der Waals surface area contributed by atoms with Crippen LogP contribution >= 0.6 is 15.9 Å². The van der Waals surface area contributed by atoms with Crippen LogP contribution in [-0.4, -0.2) is 13.2 Å². The summed E-state index contributed by atoms with van der Waals surface area (Å²) in [7, 11) is 0. The normalized spacial score (nSPS) is 11.7. The number of nitrogens with zero attached hydrogens (tertiary/aromatic N) is 1. The minimum atomic E-state index is -0.233. The van der Waals surface area contributed by atoms with Crippen LogP contribution in [0.5, 0.6) is 11.5 Å². The maximum absolute atomic E-state index is 7.12. The van der Waals surface area contributed by atoms with E-state index in [1.165, 1.54) is 0 Å². The summed E-state index contributed by atoms with van der Waals surface area (Å²) >= 11 is 3.44. The minimum Gasteiger partial charge on any atom is -0.493 e. The van der Waals surface area contributed by atoms with E-state index < -0.39 is 0 Å². The topological polar surface area (TPSA) is 22.8 Å². The first-order valence-electron chi connectivity index (χ1n) is 5.59. The monoisotopic (exact) mass is 297 g/mol. The SMILES string of the molecule is [C-]#[N+]C(C)c1cc(OCC)c(Br)cc1OCC. The van der Waals surface area contributed by atoms with Gasteiger partial charge >= 0.3 is 0 Å². The maximum atomic E-state index is 7.12. The van der Waals surface area contributed by atoms with Crippen molar-refractivity contribution in [1.29, 1.82) is 0 Å². The molecule has 1 rings (SSSR count). The zero-order chi connectivity index (χ0) is 12.8. The molecule has 0 aromatic heterocycles. The van der Waals surface area contributed by atoms with Gasteiger partial charge in [-0.2, -0.15) is 0 Å². The highest BCUT2D eigenvalue weighted by Gasteiger charge is 2.18. The van der Waals surface area contributed by atoms with Crippen molar-refractivity contribution < 1.29 is 9.47 Å². The Kier molecular flexibility index (Phi) is 5.30. The highest BCUT2D eigenvalue weighted by molar-refractivity contribution is 9.10. The minimum absolute atomic E-state index is 0.233. The Morgan fingerprint density at radius 2 is 1.82 bits per heavy atom. The maximum Gasteiger partial charge on any atom is 0.249 e. The van der Waals surface area contributed by atoms with Gasteiger partial charge in [-0.25, -0.2) is 6.57 Å². The van der Waals surface area contributed by atoms with E-state index in [1.54, 1.807) is 0 Å². The summed E-state index contributed by atoms with van der Waals surface area (Å²) in [5, 5.41) is 0. The van der Waals surface area contributed by atoms with E-state index in [-0.39, 0.29) is 6.04 Å². The molecule has 92 valence electrons. The number of rotatable bonds is 5. The van der Waals surface area contributed by atoms with Gasteiger partial charge < -0.3 is 14.3 Å². The lowest BCUT2D eigenvalue weighted by molar-refractivity contribution is 0.325. The van der Waals surface area contributed by atoms with Crippen molar-refractivity contribution in [2.45, 2.75) is 26.8 Å². The molecule has 0 saturated carbocycles. The van der Waals surface area contributed by atoms with Crippen molar-refractivity contribution in [3.63, 3.8) is 0 Å². The van der Waals surface area contributed by atoms with Crippen LogP contribution in [0.1, 0.15) is 32.4 Å². The number of ether oxygens (including phenoxy) is 2. The van der Waals surface area contributed by atoms with E-state index in [0.29, 0.717) is 13.2 Å². The molecular weight excluding hydrogens is 282 g/mol. The molecule has 3 nitrogen and oxygen atoms in total. The second kappa shape index (κ2) is 6.51. The number of halogens is 1. The fraction of sp³-hybridized carbons (Fsp3) is 0.462. The standard InChI is InChI=1S/C13H16BrNO2/c1-5-16-12-8-11(14)13(17-6-2)7-10(12)9(3)15-4/h7-9H,5-6H2,1-3H3. The van der Waals surface area contributed by atoms with Gasteiger partial charge in [0.25, 0.3) is 0 Å².